The predicted octanol–water partition coefficient (Wildman–Crippen LogP) is 0.694. The van der Waals surface area contributed by atoms with Crippen molar-refractivity contribution < 1.29 is 4.74 Å². The molecule has 3 atom stereocenters. The van der Waals surface area contributed by atoms with Gasteiger partial charge in [-0.05, 0) is 26.9 Å². The third-order valence-corrected chi connectivity index (χ3v) is 2.83. The van der Waals surface area contributed by atoms with E-state index in [1.54, 1.807) is 0 Å². The average molecular weight is 207 g/mol. The van der Waals surface area contributed by atoms with Gasteiger partial charge in [0.1, 0.15) is 6.23 Å². The average Bonchev–Trinajstić information content (AvgIpc) is 2.58. The summed E-state index contributed by atoms with van der Waals surface area (Å²) in [5.74, 6) is 0.708. The Bertz CT molecular complexity index is 150. The van der Waals surface area contributed by atoms with Crippen LogP contribution in [-0.2, 0) is 4.74 Å². The summed E-state index contributed by atoms with van der Waals surface area (Å²) in [6, 6.07) is 0.543. The molecule has 2 fully saturated rings. The Morgan fingerprint density at radius 3 is 2.69 bits per heavy atom. The molecule has 0 aromatic carbocycles. The van der Waals surface area contributed by atoms with Gasteiger partial charge in [-0.25, -0.2) is 0 Å². The Labute approximate surface area is 86.2 Å². The Balaban J connectivity index is 0.000000845. The van der Waals surface area contributed by atoms with Gasteiger partial charge in [-0.1, -0.05) is 0 Å². The van der Waals surface area contributed by atoms with Gasteiger partial charge < -0.3 is 9.64 Å². The first-order valence-electron chi connectivity index (χ1n) is 4.82. The molecule has 4 heteroatoms. The van der Waals surface area contributed by atoms with Crippen molar-refractivity contribution in [1.82, 2.24) is 10.2 Å². The minimum atomic E-state index is 0. The monoisotopic (exact) mass is 206 g/mol. The van der Waals surface area contributed by atoms with E-state index >= 15 is 0 Å². The van der Waals surface area contributed by atoms with Crippen molar-refractivity contribution in [2.75, 3.05) is 26.7 Å². The fourth-order valence-corrected chi connectivity index (χ4v) is 2.11. The smallest absolute Gasteiger partial charge is 0.112 e. The van der Waals surface area contributed by atoms with E-state index in [1.807, 2.05) is 0 Å². The van der Waals surface area contributed by atoms with Gasteiger partial charge in [0.15, 0.2) is 0 Å². The zero-order valence-electron chi connectivity index (χ0n) is 8.32. The molecule has 1 N–H and O–H groups in total. The fraction of sp³-hybridized carbons (Fsp3) is 1.00. The molecule has 2 saturated heterocycles. The molecular formula is C9H19ClN2O. The maximum absolute atomic E-state index is 5.66. The number of hydrogen-bond acceptors (Lipinski definition) is 3. The van der Waals surface area contributed by atoms with Gasteiger partial charge >= 0.3 is 0 Å². The van der Waals surface area contributed by atoms with Crippen LogP contribution in [0.15, 0.2) is 0 Å². The van der Waals surface area contributed by atoms with Crippen LogP contribution >= 0.6 is 12.4 Å². The number of ether oxygens (including phenoxy) is 1. The molecule has 2 rings (SSSR count). The summed E-state index contributed by atoms with van der Waals surface area (Å²) in [6.07, 6.45) is 1.60. The molecule has 78 valence electrons. The molecule has 0 bridgehead atoms. The molecule has 0 aliphatic carbocycles. The van der Waals surface area contributed by atoms with E-state index in [-0.39, 0.29) is 12.4 Å². The van der Waals surface area contributed by atoms with E-state index in [0.717, 1.165) is 6.61 Å². The van der Waals surface area contributed by atoms with Gasteiger partial charge in [-0.15, -0.1) is 12.4 Å². The van der Waals surface area contributed by atoms with Gasteiger partial charge in [-0.3, -0.25) is 5.32 Å². The van der Waals surface area contributed by atoms with Crippen LogP contribution in [-0.4, -0.2) is 43.9 Å². The Morgan fingerprint density at radius 1 is 1.46 bits per heavy atom. The summed E-state index contributed by atoms with van der Waals surface area (Å²) >= 11 is 0. The predicted molar refractivity (Wildman–Crippen MR) is 55.2 cm³/mol. The van der Waals surface area contributed by atoms with Crippen LogP contribution < -0.4 is 5.32 Å². The van der Waals surface area contributed by atoms with Crippen molar-refractivity contribution in [3.05, 3.63) is 0 Å². The minimum absolute atomic E-state index is 0. The molecule has 3 nitrogen and oxygen atoms in total. The van der Waals surface area contributed by atoms with E-state index in [1.165, 1.54) is 19.5 Å². The van der Waals surface area contributed by atoms with Gasteiger partial charge in [0, 0.05) is 18.5 Å². The highest BCUT2D eigenvalue weighted by atomic mass is 35.5. The molecule has 2 heterocycles. The molecule has 0 aromatic rings. The van der Waals surface area contributed by atoms with Crippen LogP contribution in [0.4, 0.5) is 0 Å². The van der Waals surface area contributed by atoms with Crippen LogP contribution in [0.3, 0.4) is 0 Å². The molecule has 0 spiro atoms. The summed E-state index contributed by atoms with van der Waals surface area (Å²) in [6.45, 7) is 5.47. The quantitative estimate of drug-likeness (QED) is 0.684. The molecule has 0 radical (unpaired) electrons. The lowest BCUT2D eigenvalue weighted by Crippen LogP contribution is -2.35. The second-order valence-electron chi connectivity index (χ2n) is 4.13. The van der Waals surface area contributed by atoms with Crippen molar-refractivity contribution in [3.63, 3.8) is 0 Å². The first-order chi connectivity index (χ1) is 5.75. The fourth-order valence-electron chi connectivity index (χ4n) is 2.11. The van der Waals surface area contributed by atoms with Gasteiger partial charge in [0.05, 0.1) is 6.61 Å². The summed E-state index contributed by atoms with van der Waals surface area (Å²) in [7, 11) is 2.18. The van der Waals surface area contributed by atoms with Crippen LogP contribution in [0.25, 0.3) is 0 Å². The van der Waals surface area contributed by atoms with Gasteiger partial charge in [0.2, 0.25) is 0 Å². The normalized spacial score (nSPS) is 40.6. The summed E-state index contributed by atoms with van der Waals surface area (Å²) in [5, 5.41) is 3.47. The zero-order valence-corrected chi connectivity index (χ0v) is 9.14. The maximum atomic E-state index is 5.66. The zero-order chi connectivity index (χ0) is 8.55. The highest BCUT2D eigenvalue weighted by Gasteiger charge is 2.32. The number of halogens is 1. The first kappa shape index (κ1) is 11.2. The topological polar surface area (TPSA) is 24.5 Å². The summed E-state index contributed by atoms with van der Waals surface area (Å²) in [5.41, 5.74) is 0. The van der Waals surface area contributed by atoms with Crippen molar-refractivity contribution in [2.45, 2.75) is 25.6 Å². The molecule has 0 amide bonds. The van der Waals surface area contributed by atoms with E-state index in [9.17, 15) is 0 Å². The lowest BCUT2D eigenvalue weighted by atomic mass is 10.1. The highest BCUT2D eigenvalue weighted by molar-refractivity contribution is 5.85. The standard InChI is InChI=1S/C9H18N2O.ClH/c1-7-6-12-9(10-7)8-3-4-11(2)5-8;/h7-10H,3-6H2,1-2H3;1H. The number of rotatable bonds is 1. The van der Waals surface area contributed by atoms with Crippen LogP contribution in [0.5, 0.6) is 0 Å². The SMILES string of the molecule is CC1COC(C2CCN(C)C2)N1.Cl. The van der Waals surface area contributed by atoms with Crippen molar-refractivity contribution in [2.24, 2.45) is 5.92 Å². The molecule has 0 saturated carbocycles. The first-order valence-corrected chi connectivity index (χ1v) is 4.82. The molecule has 2 aliphatic rings. The summed E-state index contributed by atoms with van der Waals surface area (Å²) in [4.78, 5) is 2.37. The number of nitrogens with zero attached hydrogens (tertiary/aromatic N) is 1. The molecule has 13 heavy (non-hydrogen) atoms. The van der Waals surface area contributed by atoms with E-state index < -0.39 is 0 Å². The van der Waals surface area contributed by atoms with Gasteiger partial charge in [0.25, 0.3) is 0 Å². The second-order valence-corrected chi connectivity index (χ2v) is 4.13. The van der Waals surface area contributed by atoms with E-state index in [2.05, 4.69) is 24.2 Å². The third kappa shape index (κ3) is 2.56. The second kappa shape index (κ2) is 4.60. The number of hydrogen-bond donors (Lipinski definition) is 1. The number of nitrogens with one attached hydrogen (secondary N) is 1. The molecule has 2 aliphatic heterocycles. The Hall–Kier alpha value is 0.170. The molecular weight excluding hydrogens is 188 g/mol. The maximum Gasteiger partial charge on any atom is 0.112 e. The number of likely N-dealkylation sites (tertiary alicyclic amines) is 1. The lowest BCUT2D eigenvalue weighted by Gasteiger charge is -2.17. The van der Waals surface area contributed by atoms with Crippen molar-refractivity contribution in [1.29, 1.82) is 0 Å². The van der Waals surface area contributed by atoms with Crippen molar-refractivity contribution >= 4 is 12.4 Å². The van der Waals surface area contributed by atoms with Gasteiger partial charge in [-0.2, -0.15) is 0 Å². The highest BCUT2D eigenvalue weighted by Crippen LogP contribution is 2.21. The largest absolute Gasteiger partial charge is 0.361 e. The molecule has 0 aromatic heterocycles. The Kier molecular flexibility index (Phi) is 3.98. The van der Waals surface area contributed by atoms with Crippen LogP contribution in [0, 0.1) is 5.92 Å². The third-order valence-electron chi connectivity index (χ3n) is 2.83. The van der Waals surface area contributed by atoms with Crippen molar-refractivity contribution in [3.8, 4) is 0 Å². The van der Waals surface area contributed by atoms with E-state index in [4.69, 9.17) is 4.74 Å². The van der Waals surface area contributed by atoms with E-state index in [0.29, 0.717) is 18.2 Å². The summed E-state index contributed by atoms with van der Waals surface area (Å²) < 4.78 is 5.66. The lowest BCUT2D eigenvalue weighted by molar-refractivity contribution is 0.0554. The van der Waals surface area contributed by atoms with Crippen LogP contribution in [0.2, 0.25) is 0 Å². The van der Waals surface area contributed by atoms with Crippen LogP contribution in [0.1, 0.15) is 13.3 Å². The Morgan fingerprint density at radius 2 is 2.23 bits per heavy atom. The molecule has 3 unspecified atom stereocenters. The minimum Gasteiger partial charge on any atom is -0.361 e.